The van der Waals surface area contributed by atoms with Gasteiger partial charge in [-0.3, -0.25) is 0 Å². The van der Waals surface area contributed by atoms with E-state index < -0.39 is 11.7 Å². The molecular formula is C14H15F3N4S. The van der Waals surface area contributed by atoms with E-state index in [2.05, 4.69) is 22.6 Å². The standard InChI is InChI=1S/C14H15F3N4S/c1-7(22)13-20-11(18)10(12(19)21-13)6-8-2-4-9(5-3-8)14(15,16)17/h2-5,7,22H,6H2,1H3,(H4,18,19,20,21). The molecular weight excluding hydrogens is 313 g/mol. The van der Waals surface area contributed by atoms with Crippen LogP contribution < -0.4 is 11.5 Å². The molecule has 4 nitrogen and oxygen atoms in total. The van der Waals surface area contributed by atoms with Crippen LogP contribution in [0.3, 0.4) is 0 Å². The maximum atomic E-state index is 12.5. The number of halogens is 3. The van der Waals surface area contributed by atoms with Gasteiger partial charge in [-0.05, 0) is 24.6 Å². The Kier molecular flexibility index (Phi) is 4.50. The molecule has 0 amide bonds. The quantitative estimate of drug-likeness (QED) is 0.756. The third-order valence-corrected chi connectivity index (χ3v) is 3.36. The van der Waals surface area contributed by atoms with Crippen LogP contribution in [0.5, 0.6) is 0 Å². The minimum atomic E-state index is -4.36. The van der Waals surface area contributed by atoms with Crippen molar-refractivity contribution in [3.63, 3.8) is 0 Å². The first kappa shape index (κ1) is 16.4. The Morgan fingerprint density at radius 3 is 2.00 bits per heavy atom. The summed E-state index contributed by atoms with van der Waals surface area (Å²) in [6.45, 7) is 1.78. The summed E-state index contributed by atoms with van der Waals surface area (Å²) in [7, 11) is 0. The molecule has 118 valence electrons. The molecule has 0 aliphatic heterocycles. The van der Waals surface area contributed by atoms with Crippen molar-refractivity contribution in [3.05, 3.63) is 46.8 Å². The van der Waals surface area contributed by atoms with Crippen LogP contribution in [0.1, 0.15) is 34.7 Å². The van der Waals surface area contributed by atoms with Crippen LogP contribution in [-0.2, 0) is 12.6 Å². The summed E-state index contributed by atoms with van der Waals surface area (Å²) in [5.74, 6) is 0.834. The predicted octanol–water partition coefficient (Wildman–Crippen LogP) is 3.24. The summed E-state index contributed by atoms with van der Waals surface area (Å²) in [6.07, 6.45) is -4.10. The number of anilines is 2. The van der Waals surface area contributed by atoms with E-state index in [1.165, 1.54) is 12.1 Å². The summed E-state index contributed by atoms with van der Waals surface area (Å²) < 4.78 is 37.6. The molecule has 8 heteroatoms. The van der Waals surface area contributed by atoms with E-state index in [9.17, 15) is 13.2 Å². The van der Waals surface area contributed by atoms with Crippen molar-refractivity contribution >= 4 is 24.3 Å². The van der Waals surface area contributed by atoms with Crippen molar-refractivity contribution in [2.24, 2.45) is 0 Å². The molecule has 2 aromatic rings. The van der Waals surface area contributed by atoms with Crippen LogP contribution in [0.15, 0.2) is 24.3 Å². The number of nitrogens with zero attached hydrogens (tertiary/aromatic N) is 2. The fraction of sp³-hybridized carbons (Fsp3) is 0.286. The third kappa shape index (κ3) is 3.62. The fourth-order valence-corrected chi connectivity index (χ4v) is 2.04. The minimum Gasteiger partial charge on any atom is -0.383 e. The lowest BCUT2D eigenvalue weighted by atomic mass is 10.0. The first-order chi connectivity index (χ1) is 10.2. The molecule has 0 aliphatic rings. The second kappa shape index (κ2) is 6.04. The minimum absolute atomic E-state index is 0.211. The Morgan fingerprint density at radius 1 is 1.09 bits per heavy atom. The third-order valence-electron chi connectivity index (χ3n) is 3.12. The molecule has 0 saturated heterocycles. The first-order valence-electron chi connectivity index (χ1n) is 6.44. The molecule has 0 bridgehead atoms. The van der Waals surface area contributed by atoms with Crippen LogP contribution in [-0.4, -0.2) is 9.97 Å². The van der Waals surface area contributed by atoms with Crippen molar-refractivity contribution < 1.29 is 13.2 Å². The smallest absolute Gasteiger partial charge is 0.383 e. The van der Waals surface area contributed by atoms with Gasteiger partial charge in [-0.2, -0.15) is 25.8 Å². The Hall–Kier alpha value is -1.96. The molecule has 0 saturated carbocycles. The molecule has 0 fully saturated rings. The molecule has 0 aliphatic carbocycles. The molecule has 2 rings (SSSR count). The van der Waals surface area contributed by atoms with E-state index in [-0.39, 0.29) is 23.3 Å². The molecule has 1 atom stereocenters. The van der Waals surface area contributed by atoms with Crippen LogP contribution in [0, 0.1) is 0 Å². The molecule has 1 aromatic carbocycles. The van der Waals surface area contributed by atoms with Crippen LogP contribution >= 0.6 is 12.6 Å². The molecule has 1 aromatic heterocycles. The Balaban J connectivity index is 2.28. The normalized spacial score (nSPS) is 13.1. The van der Waals surface area contributed by atoms with Gasteiger partial charge >= 0.3 is 6.18 Å². The monoisotopic (exact) mass is 328 g/mol. The number of thiol groups is 1. The van der Waals surface area contributed by atoms with E-state index >= 15 is 0 Å². The second-order valence-electron chi connectivity index (χ2n) is 4.88. The molecule has 0 radical (unpaired) electrons. The number of hydrogen-bond donors (Lipinski definition) is 3. The van der Waals surface area contributed by atoms with Crippen LogP contribution in [0.4, 0.5) is 24.8 Å². The number of nitrogens with two attached hydrogens (primary N) is 2. The Morgan fingerprint density at radius 2 is 1.59 bits per heavy atom. The maximum absolute atomic E-state index is 12.5. The highest BCUT2D eigenvalue weighted by Gasteiger charge is 2.30. The summed E-state index contributed by atoms with van der Waals surface area (Å²) >= 11 is 4.21. The van der Waals surface area contributed by atoms with E-state index in [0.29, 0.717) is 17.0 Å². The van der Waals surface area contributed by atoms with Crippen LogP contribution in [0.2, 0.25) is 0 Å². The first-order valence-corrected chi connectivity index (χ1v) is 6.96. The molecule has 22 heavy (non-hydrogen) atoms. The summed E-state index contributed by atoms with van der Waals surface area (Å²) in [5.41, 5.74) is 12.2. The van der Waals surface area contributed by atoms with E-state index in [4.69, 9.17) is 11.5 Å². The number of nitrogen functional groups attached to an aromatic ring is 2. The molecule has 1 heterocycles. The average Bonchev–Trinajstić information content (AvgIpc) is 2.42. The highest BCUT2D eigenvalue weighted by atomic mass is 32.1. The van der Waals surface area contributed by atoms with Gasteiger partial charge in [0.15, 0.2) is 0 Å². The lowest BCUT2D eigenvalue weighted by Crippen LogP contribution is -2.10. The Bertz CT molecular complexity index is 646. The van der Waals surface area contributed by atoms with E-state index in [1.54, 1.807) is 6.92 Å². The van der Waals surface area contributed by atoms with Crippen molar-refractivity contribution in [3.8, 4) is 0 Å². The van der Waals surface area contributed by atoms with Gasteiger partial charge in [0.2, 0.25) is 0 Å². The van der Waals surface area contributed by atoms with Gasteiger partial charge in [0, 0.05) is 12.0 Å². The van der Waals surface area contributed by atoms with Gasteiger partial charge in [0.05, 0.1) is 10.8 Å². The molecule has 1 unspecified atom stereocenters. The predicted molar refractivity (Wildman–Crippen MR) is 82.5 cm³/mol. The summed E-state index contributed by atoms with van der Waals surface area (Å²) in [5, 5.41) is -0.218. The zero-order valence-electron chi connectivity index (χ0n) is 11.7. The zero-order valence-corrected chi connectivity index (χ0v) is 12.6. The van der Waals surface area contributed by atoms with Crippen molar-refractivity contribution in [1.82, 2.24) is 9.97 Å². The van der Waals surface area contributed by atoms with Gasteiger partial charge in [-0.25, -0.2) is 9.97 Å². The number of hydrogen-bond acceptors (Lipinski definition) is 5. The molecule has 4 N–H and O–H groups in total. The lowest BCUT2D eigenvalue weighted by Gasteiger charge is -2.12. The zero-order chi connectivity index (χ0) is 16.5. The second-order valence-corrected chi connectivity index (χ2v) is 5.65. The van der Waals surface area contributed by atoms with E-state index in [1.807, 2.05) is 0 Å². The van der Waals surface area contributed by atoms with Gasteiger partial charge in [-0.15, -0.1) is 0 Å². The average molecular weight is 328 g/mol. The van der Waals surface area contributed by atoms with Crippen LogP contribution in [0.25, 0.3) is 0 Å². The lowest BCUT2D eigenvalue weighted by molar-refractivity contribution is -0.137. The van der Waals surface area contributed by atoms with Crippen molar-refractivity contribution in [2.45, 2.75) is 24.8 Å². The van der Waals surface area contributed by atoms with Crippen molar-refractivity contribution in [1.29, 1.82) is 0 Å². The van der Waals surface area contributed by atoms with E-state index in [0.717, 1.165) is 12.1 Å². The number of benzene rings is 1. The summed E-state index contributed by atoms with van der Waals surface area (Å²) in [4.78, 5) is 8.23. The summed E-state index contributed by atoms with van der Waals surface area (Å²) in [6, 6.07) is 4.81. The largest absolute Gasteiger partial charge is 0.416 e. The SMILES string of the molecule is CC(S)c1nc(N)c(Cc2ccc(C(F)(F)F)cc2)c(N)n1. The van der Waals surface area contributed by atoms with Gasteiger partial charge in [-0.1, -0.05) is 12.1 Å². The highest BCUT2D eigenvalue weighted by molar-refractivity contribution is 7.80. The highest BCUT2D eigenvalue weighted by Crippen LogP contribution is 2.30. The van der Waals surface area contributed by atoms with Crippen molar-refractivity contribution in [2.75, 3.05) is 11.5 Å². The van der Waals surface area contributed by atoms with Gasteiger partial charge in [0.1, 0.15) is 17.5 Å². The van der Waals surface area contributed by atoms with Gasteiger partial charge < -0.3 is 11.5 Å². The molecule has 0 spiro atoms. The topological polar surface area (TPSA) is 77.8 Å². The van der Waals surface area contributed by atoms with Gasteiger partial charge in [0.25, 0.3) is 0 Å². The number of aromatic nitrogens is 2. The fourth-order valence-electron chi connectivity index (χ4n) is 1.92. The number of alkyl halides is 3. The Labute approximate surface area is 131 Å². The number of rotatable bonds is 3. The maximum Gasteiger partial charge on any atom is 0.416 e.